The predicted molar refractivity (Wildman–Crippen MR) is 137 cm³/mol. The van der Waals surface area contributed by atoms with Gasteiger partial charge in [0, 0.05) is 38.6 Å². The molecule has 1 aromatic carbocycles. The summed E-state index contributed by atoms with van der Waals surface area (Å²) in [7, 11) is 1.89. The summed E-state index contributed by atoms with van der Waals surface area (Å²) < 4.78 is 1.65. The van der Waals surface area contributed by atoms with Crippen molar-refractivity contribution in [3.05, 3.63) is 75.7 Å². The minimum Gasteiger partial charge on any atom is -0.341 e. The summed E-state index contributed by atoms with van der Waals surface area (Å²) in [4.78, 5) is 42.8. The van der Waals surface area contributed by atoms with Gasteiger partial charge in [0.2, 0.25) is 5.91 Å². The second-order valence-electron chi connectivity index (χ2n) is 9.26. The number of likely N-dealkylation sites (N-methyl/N-ethyl adjacent to an activating group) is 1. The molecule has 0 saturated carbocycles. The molecule has 0 N–H and O–H groups in total. The summed E-state index contributed by atoms with van der Waals surface area (Å²) in [5.41, 5.74) is 2.46. The average molecular weight is 493 g/mol. The van der Waals surface area contributed by atoms with E-state index < -0.39 is 0 Å². The fourth-order valence-corrected chi connectivity index (χ4v) is 5.67. The molecule has 1 atom stereocenters. The van der Waals surface area contributed by atoms with E-state index in [1.165, 1.54) is 29.4 Å². The number of carbonyl (C=O) groups is 3. The fourth-order valence-electron chi connectivity index (χ4n) is 4.80. The number of likely N-dealkylation sites (tertiary alicyclic amines) is 1. The molecule has 184 valence electrons. The highest BCUT2D eigenvalue weighted by Crippen LogP contribution is 2.29. The number of piperidine rings is 1. The van der Waals surface area contributed by atoms with E-state index in [2.05, 4.69) is 24.2 Å². The van der Waals surface area contributed by atoms with Gasteiger partial charge in [-0.15, -0.1) is 11.3 Å². The summed E-state index contributed by atoms with van der Waals surface area (Å²) in [6.07, 6.45) is 5.91. The Labute approximate surface area is 210 Å². The van der Waals surface area contributed by atoms with Crippen molar-refractivity contribution < 1.29 is 14.4 Å². The van der Waals surface area contributed by atoms with Gasteiger partial charge >= 0.3 is 0 Å². The van der Waals surface area contributed by atoms with Gasteiger partial charge in [-0.25, -0.2) is 0 Å². The zero-order valence-corrected chi connectivity index (χ0v) is 21.3. The summed E-state index contributed by atoms with van der Waals surface area (Å²) in [5.74, 6) is 0.275. The van der Waals surface area contributed by atoms with Crippen molar-refractivity contribution in [2.75, 3.05) is 20.1 Å². The Hall–Kier alpha value is -3.26. The Morgan fingerprint density at radius 2 is 1.80 bits per heavy atom. The Morgan fingerprint density at radius 3 is 2.43 bits per heavy atom. The number of rotatable bonds is 8. The minimum atomic E-state index is -0.0189. The molecule has 2 amide bonds. The van der Waals surface area contributed by atoms with Crippen LogP contribution in [0, 0.1) is 12.8 Å². The fraction of sp³-hybridized carbons (Fsp3) is 0.407. The number of thiophene rings is 1. The van der Waals surface area contributed by atoms with E-state index in [0.717, 1.165) is 19.3 Å². The first-order valence-corrected chi connectivity index (χ1v) is 12.8. The Balaban J connectivity index is 1.47. The van der Waals surface area contributed by atoms with Crippen molar-refractivity contribution in [2.24, 2.45) is 5.92 Å². The van der Waals surface area contributed by atoms with Crippen molar-refractivity contribution in [3.8, 4) is 0 Å². The first-order chi connectivity index (χ1) is 16.8. The number of hydrogen-bond donors (Lipinski definition) is 0. The number of Topliss-reactive ketones (excluding diaryl/α,β-unsaturated/α-hetero) is 1. The van der Waals surface area contributed by atoms with E-state index in [0.29, 0.717) is 22.8 Å². The van der Waals surface area contributed by atoms with E-state index in [9.17, 15) is 14.4 Å². The van der Waals surface area contributed by atoms with E-state index in [-0.39, 0.29) is 36.1 Å². The van der Waals surface area contributed by atoms with E-state index in [1.807, 2.05) is 35.0 Å². The van der Waals surface area contributed by atoms with Crippen LogP contribution >= 0.6 is 11.3 Å². The molecule has 3 aromatic rings. The molecule has 4 rings (SSSR count). The monoisotopic (exact) mass is 492 g/mol. The molecule has 3 heterocycles. The van der Waals surface area contributed by atoms with Crippen molar-refractivity contribution in [3.63, 3.8) is 0 Å². The van der Waals surface area contributed by atoms with Crippen molar-refractivity contribution in [1.29, 1.82) is 0 Å². The molecule has 1 fully saturated rings. The van der Waals surface area contributed by atoms with Gasteiger partial charge in [-0.3, -0.25) is 19.1 Å². The van der Waals surface area contributed by atoms with Gasteiger partial charge in [-0.05, 0) is 68.4 Å². The third-order valence-corrected chi connectivity index (χ3v) is 8.15. The maximum atomic E-state index is 13.2. The van der Waals surface area contributed by atoms with E-state index in [4.69, 9.17) is 0 Å². The summed E-state index contributed by atoms with van der Waals surface area (Å²) in [5, 5.41) is 4.18. The Kier molecular flexibility index (Phi) is 7.80. The Bertz CT molecular complexity index is 1180. The largest absolute Gasteiger partial charge is 0.341 e. The standard InChI is InChI=1S/C27H32N4O3S/c1-19-7-4-5-8-22(19)17-23(29(3)26(33)18-31-14-6-13-28-31)21-11-15-30(16-12-21)27(34)25-10-9-24(35-25)20(2)32/h4-10,13-14,21,23H,11-12,15-18H2,1-3H3. The quantitative estimate of drug-likeness (QED) is 0.444. The lowest BCUT2D eigenvalue weighted by Gasteiger charge is -2.40. The first-order valence-electron chi connectivity index (χ1n) is 12.0. The number of aryl methyl sites for hydroxylation is 1. The molecule has 8 heteroatoms. The molecule has 35 heavy (non-hydrogen) atoms. The van der Waals surface area contributed by atoms with Gasteiger partial charge in [-0.1, -0.05) is 24.3 Å². The van der Waals surface area contributed by atoms with Crippen LogP contribution in [0.25, 0.3) is 0 Å². The highest BCUT2D eigenvalue weighted by Gasteiger charge is 2.33. The third kappa shape index (κ3) is 5.88. The first kappa shape index (κ1) is 24.9. The number of carbonyl (C=O) groups excluding carboxylic acids is 3. The van der Waals surface area contributed by atoms with Gasteiger partial charge in [0.05, 0.1) is 9.75 Å². The second-order valence-corrected chi connectivity index (χ2v) is 10.3. The van der Waals surface area contributed by atoms with Crippen molar-refractivity contribution in [2.45, 2.75) is 45.7 Å². The minimum absolute atomic E-state index is 0.0143. The van der Waals surface area contributed by atoms with Crippen LogP contribution in [-0.2, 0) is 17.8 Å². The van der Waals surface area contributed by atoms with E-state index >= 15 is 0 Å². The van der Waals surface area contributed by atoms with Gasteiger partial charge in [0.25, 0.3) is 5.91 Å². The van der Waals surface area contributed by atoms with Gasteiger partial charge in [-0.2, -0.15) is 5.10 Å². The highest BCUT2D eigenvalue weighted by atomic mass is 32.1. The molecule has 0 bridgehead atoms. The number of hydrogen-bond acceptors (Lipinski definition) is 5. The number of ketones is 1. The normalized spacial score (nSPS) is 15.1. The molecular formula is C27H32N4O3S. The summed E-state index contributed by atoms with van der Waals surface area (Å²) in [6.45, 7) is 5.12. The zero-order valence-electron chi connectivity index (χ0n) is 20.5. The molecule has 0 radical (unpaired) electrons. The van der Waals surface area contributed by atoms with Crippen LogP contribution in [0.5, 0.6) is 0 Å². The van der Waals surface area contributed by atoms with Crippen LogP contribution in [0.4, 0.5) is 0 Å². The lowest BCUT2D eigenvalue weighted by Crippen LogP contribution is -2.49. The van der Waals surface area contributed by atoms with Crippen LogP contribution in [0.1, 0.15) is 50.2 Å². The highest BCUT2D eigenvalue weighted by molar-refractivity contribution is 7.15. The Morgan fingerprint density at radius 1 is 1.09 bits per heavy atom. The van der Waals surface area contributed by atoms with Crippen LogP contribution < -0.4 is 0 Å². The van der Waals surface area contributed by atoms with E-state index in [1.54, 1.807) is 29.2 Å². The van der Waals surface area contributed by atoms with Crippen LogP contribution in [0.15, 0.2) is 54.9 Å². The van der Waals surface area contributed by atoms with Crippen molar-refractivity contribution in [1.82, 2.24) is 19.6 Å². The van der Waals surface area contributed by atoms with Gasteiger partial charge in [0.15, 0.2) is 5.78 Å². The lowest BCUT2D eigenvalue weighted by molar-refractivity contribution is -0.134. The van der Waals surface area contributed by atoms with Crippen LogP contribution in [0.2, 0.25) is 0 Å². The molecule has 1 aliphatic heterocycles. The van der Waals surface area contributed by atoms with Crippen LogP contribution in [-0.4, -0.2) is 63.4 Å². The molecule has 2 aromatic heterocycles. The lowest BCUT2D eigenvalue weighted by atomic mass is 9.84. The van der Waals surface area contributed by atoms with Crippen molar-refractivity contribution >= 4 is 28.9 Å². The maximum Gasteiger partial charge on any atom is 0.263 e. The SMILES string of the molecule is CC(=O)c1ccc(C(=O)N2CCC(C(Cc3ccccc3C)N(C)C(=O)Cn3cccn3)CC2)s1. The molecule has 7 nitrogen and oxygen atoms in total. The summed E-state index contributed by atoms with van der Waals surface area (Å²) >= 11 is 1.26. The molecule has 1 saturated heterocycles. The molecular weight excluding hydrogens is 460 g/mol. The number of benzene rings is 1. The van der Waals surface area contributed by atoms with Gasteiger partial charge in [0.1, 0.15) is 6.54 Å². The molecule has 1 aliphatic rings. The molecule has 0 aliphatic carbocycles. The smallest absolute Gasteiger partial charge is 0.263 e. The number of aromatic nitrogens is 2. The molecule has 1 unspecified atom stereocenters. The van der Waals surface area contributed by atoms with Crippen LogP contribution in [0.3, 0.4) is 0 Å². The predicted octanol–water partition coefficient (Wildman–Crippen LogP) is 4.08. The third-order valence-electron chi connectivity index (χ3n) is 6.97. The number of amides is 2. The maximum absolute atomic E-state index is 13.2. The molecule has 0 spiro atoms. The second kappa shape index (κ2) is 11.0. The topological polar surface area (TPSA) is 75.5 Å². The number of nitrogens with zero attached hydrogens (tertiary/aromatic N) is 4. The van der Waals surface area contributed by atoms with Gasteiger partial charge < -0.3 is 9.80 Å². The summed E-state index contributed by atoms with van der Waals surface area (Å²) in [6, 6.07) is 13.6. The average Bonchev–Trinajstić information content (AvgIpc) is 3.55. The zero-order chi connectivity index (χ0) is 24.9.